The Morgan fingerprint density at radius 1 is 0.535 bits per heavy atom. The number of aliphatic hydroxyl groups excluding tert-OH is 2. The molecule has 254 valence electrons. The van der Waals surface area contributed by atoms with Gasteiger partial charge in [-0.25, -0.2) is 0 Å². The molecule has 0 rings (SSSR count). The van der Waals surface area contributed by atoms with Gasteiger partial charge in [-0.1, -0.05) is 179 Å². The van der Waals surface area contributed by atoms with E-state index in [0.29, 0.717) is 6.42 Å². The Bertz CT molecular complexity index is 618. The molecule has 0 aliphatic carbocycles. The smallest absolute Gasteiger partial charge is 0.220 e. The van der Waals surface area contributed by atoms with E-state index in [1.807, 2.05) is 6.08 Å². The Kier molecular flexibility index (Phi) is 34.4. The number of allylic oxidation sites excluding steroid dienone is 3. The van der Waals surface area contributed by atoms with Gasteiger partial charge in [0.2, 0.25) is 5.91 Å². The molecule has 0 aromatic rings. The molecule has 0 radical (unpaired) electrons. The topological polar surface area (TPSA) is 69.6 Å². The molecule has 0 bridgehead atoms. The fourth-order valence-corrected chi connectivity index (χ4v) is 5.71. The number of rotatable bonds is 34. The molecule has 4 heteroatoms. The highest BCUT2D eigenvalue weighted by atomic mass is 16.3. The van der Waals surface area contributed by atoms with Crippen LogP contribution in [0.15, 0.2) is 24.3 Å². The lowest BCUT2D eigenvalue weighted by Gasteiger charge is -2.20. The zero-order valence-electron chi connectivity index (χ0n) is 29.0. The quantitative estimate of drug-likeness (QED) is 0.0505. The van der Waals surface area contributed by atoms with Gasteiger partial charge in [0.15, 0.2) is 0 Å². The first kappa shape index (κ1) is 41.9. The maximum Gasteiger partial charge on any atom is 0.220 e. The van der Waals surface area contributed by atoms with Crippen LogP contribution in [0.1, 0.15) is 200 Å². The fraction of sp³-hybridized carbons (Fsp3) is 0.872. The number of hydrogen-bond donors (Lipinski definition) is 3. The Hall–Kier alpha value is -1.13. The van der Waals surface area contributed by atoms with Crippen LogP contribution >= 0.6 is 0 Å². The van der Waals surface area contributed by atoms with E-state index in [-0.39, 0.29) is 12.5 Å². The van der Waals surface area contributed by atoms with Crippen molar-refractivity contribution in [3.05, 3.63) is 24.3 Å². The third-order valence-corrected chi connectivity index (χ3v) is 8.66. The second-order valence-corrected chi connectivity index (χ2v) is 13.0. The van der Waals surface area contributed by atoms with Crippen LogP contribution in [0.3, 0.4) is 0 Å². The van der Waals surface area contributed by atoms with Gasteiger partial charge in [-0.05, 0) is 38.5 Å². The number of nitrogens with one attached hydrogen (secondary N) is 1. The van der Waals surface area contributed by atoms with Crippen molar-refractivity contribution in [1.29, 1.82) is 0 Å². The third-order valence-electron chi connectivity index (χ3n) is 8.66. The van der Waals surface area contributed by atoms with Gasteiger partial charge in [0.05, 0.1) is 18.8 Å². The predicted octanol–water partition coefficient (Wildman–Crippen LogP) is 11.3. The molecule has 4 nitrogen and oxygen atoms in total. The van der Waals surface area contributed by atoms with Crippen LogP contribution in [0.2, 0.25) is 0 Å². The van der Waals surface area contributed by atoms with Crippen LogP contribution in [-0.2, 0) is 4.79 Å². The van der Waals surface area contributed by atoms with E-state index >= 15 is 0 Å². The lowest BCUT2D eigenvalue weighted by molar-refractivity contribution is -0.123. The van der Waals surface area contributed by atoms with Gasteiger partial charge in [0.25, 0.3) is 0 Å². The Morgan fingerprint density at radius 2 is 0.930 bits per heavy atom. The Morgan fingerprint density at radius 3 is 1.37 bits per heavy atom. The van der Waals surface area contributed by atoms with Gasteiger partial charge in [-0.3, -0.25) is 4.79 Å². The molecule has 0 aromatic carbocycles. The number of amides is 1. The number of unbranched alkanes of at least 4 members (excludes halogenated alkanes) is 25. The van der Waals surface area contributed by atoms with E-state index in [0.717, 1.165) is 25.7 Å². The highest BCUT2D eigenvalue weighted by Crippen LogP contribution is 2.15. The SMILES string of the molecule is CCC/C=C\CCCCCCCC/C=C/[C@@H](O)[C@H](CO)NC(=O)CCCCCCCCCCCCCCCCCCCC. The van der Waals surface area contributed by atoms with Crippen molar-refractivity contribution in [1.82, 2.24) is 5.32 Å². The van der Waals surface area contributed by atoms with Crippen LogP contribution in [0, 0.1) is 0 Å². The highest BCUT2D eigenvalue weighted by molar-refractivity contribution is 5.76. The molecule has 0 aliphatic rings. The van der Waals surface area contributed by atoms with Crippen molar-refractivity contribution in [3.8, 4) is 0 Å². The Balaban J connectivity index is 3.57. The van der Waals surface area contributed by atoms with Crippen molar-refractivity contribution < 1.29 is 15.0 Å². The van der Waals surface area contributed by atoms with Gasteiger partial charge >= 0.3 is 0 Å². The number of aliphatic hydroxyl groups is 2. The monoisotopic (exact) mass is 606 g/mol. The summed E-state index contributed by atoms with van der Waals surface area (Å²) < 4.78 is 0. The van der Waals surface area contributed by atoms with Crippen molar-refractivity contribution >= 4 is 5.91 Å². The van der Waals surface area contributed by atoms with Crippen molar-refractivity contribution in [2.24, 2.45) is 0 Å². The van der Waals surface area contributed by atoms with E-state index in [9.17, 15) is 15.0 Å². The maximum absolute atomic E-state index is 12.3. The van der Waals surface area contributed by atoms with E-state index < -0.39 is 12.1 Å². The molecule has 0 saturated carbocycles. The molecule has 0 saturated heterocycles. The molecule has 43 heavy (non-hydrogen) atoms. The Labute approximate surface area is 269 Å². The summed E-state index contributed by atoms with van der Waals surface area (Å²) in [5.41, 5.74) is 0. The van der Waals surface area contributed by atoms with Gasteiger partial charge in [-0.15, -0.1) is 0 Å². The van der Waals surface area contributed by atoms with E-state index in [1.54, 1.807) is 6.08 Å². The predicted molar refractivity (Wildman–Crippen MR) is 189 cm³/mol. The third kappa shape index (κ3) is 32.1. The molecule has 0 spiro atoms. The number of carbonyl (C=O) groups excluding carboxylic acids is 1. The summed E-state index contributed by atoms with van der Waals surface area (Å²) in [6, 6.07) is -0.620. The van der Waals surface area contributed by atoms with Crippen LogP contribution in [0.4, 0.5) is 0 Å². The minimum absolute atomic E-state index is 0.0659. The van der Waals surface area contributed by atoms with Crippen LogP contribution in [0.25, 0.3) is 0 Å². The summed E-state index contributed by atoms with van der Waals surface area (Å²) in [4.78, 5) is 12.3. The molecule has 0 heterocycles. The number of hydrogen-bond acceptors (Lipinski definition) is 3. The fourth-order valence-electron chi connectivity index (χ4n) is 5.71. The van der Waals surface area contributed by atoms with E-state index in [1.165, 1.54) is 154 Å². The minimum Gasteiger partial charge on any atom is -0.394 e. The molecule has 3 N–H and O–H groups in total. The van der Waals surface area contributed by atoms with Gasteiger partial charge in [0.1, 0.15) is 0 Å². The van der Waals surface area contributed by atoms with Crippen molar-refractivity contribution in [2.75, 3.05) is 6.61 Å². The summed E-state index contributed by atoms with van der Waals surface area (Å²) in [5, 5.41) is 22.9. The first-order chi connectivity index (χ1) is 21.2. The first-order valence-electron chi connectivity index (χ1n) is 19.1. The van der Waals surface area contributed by atoms with Crippen molar-refractivity contribution in [3.63, 3.8) is 0 Å². The van der Waals surface area contributed by atoms with E-state index in [2.05, 4.69) is 31.3 Å². The second kappa shape index (κ2) is 35.4. The molecule has 0 unspecified atom stereocenters. The van der Waals surface area contributed by atoms with Crippen LogP contribution < -0.4 is 5.32 Å². The normalized spacial score (nSPS) is 13.3. The van der Waals surface area contributed by atoms with E-state index in [4.69, 9.17) is 0 Å². The zero-order valence-corrected chi connectivity index (χ0v) is 29.0. The molecule has 0 aromatic heterocycles. The molecular formula is C39H75NO3. The molecule has 1 amide bonds. The van der Waals surface area contributed by atoms with Crippen molar-refractivity contribution in [2.45, 2.75) is 212 Å². The molecular weight excluding hydrogens is 530 g/mol. The summed E-state index contributed by atoms with van der Waals surface area (Å²) in [7, 11) is 0. The summed E-state index contributed by atoms with van der Waals surface area (Å²) in [6.45, 7) is 4.25. The largest absolute Gasteiger partial charge is 0.394 e. The molecule has 0 fully saturated rings. The van der Waals surface area contributed by atoms with Gasteiger partial charge in [-0.2, -0.15) is 0 Å². The molecule has 0 aliphatic heterocycles. The second-order valence-electron chi connectivity index (χ2n) is 13.0. The standard InChI is InChI=1S/C39H75NO3/c1-3-5-7-9-11-13-15-17-18-19-20-21-23-25-27-29-31-33-35-39(43)40-37(36-41)38(42)34-32-30-28-26-24-22-16-14-12-10-8-6-4-2/h8,10,32,34,37-38,41-42H,3-7,9,11-31,33,35-36H2,1-2H3,(H,40,43)/b10-8-,34-32+/t37-,38+/m0/s1. The van der Waals surface area contributed by atoms with Gasteiger partial charge < -0.3 is 15.5 Å². The zero-order chi connectivity index (χ0) is 31.5. The summed E-state index contributed by atoms with van der Waals surface area (Å²) in [6.07, 6.45) is 44.1. The average molecular weight is 606 g/mol. The maximum atomic E-state index is 12.3. The summed E-state index contributed by atoms with van der Waals surface area (Å²) >= 11 is 0. The first-order valence-corrected chi connectivity index (χ1v) is 19.1. The van der Waals surface area contributed by atoms with Crippen LogP contribution in [0.5, 0.6) is 0 Å². The average Bonchev–Trinajstić information content (AvgIpc) is 3.01. The lowest BCUT2D eigenvalue weighted by Crippen LogP contribution is -2.45. The number of carbonyl (C=O) groups is 1. The lowest BCUT2D eigenvalue weighted by atomic mass is 10.0. The van der Waals surface area contributed by atoms with Gasteiger partial charge in [0, 0.05) is 6.42 Å². The minimum atomic E-state index is -0.838. The highest BCUT2D eigenvalue weighted by Gasteiger charge is 2.17. The summed E-state index contributed by atoms with van der Waals surface area (Å²) in [5.74, 6) is -0.0659. The molecule has 2 atom stereocenters. The van der Waals surface area contributed by atoms with Crippen LogP contribution in [-0.4, -0.2) is 34.9 Å².